The minimum Gasteiger partial charge on any atom is -0.374 e. The summed E-state index contributed by atoms with van der Waals surface area (Å²) < 4.78 is 13.1. The SMILES string of the molecule is CC(C)NC(C)(C#N)CCN(C)c1cccc(F)c1. The van der Waals surface area contributed by atoms with E-state index in [0.29, 0.717) is 13.0 Å². The van der Waals surface area contributed by atoms with Crippen LogP contribution in [0.3, 0.4) is 0 Å². The zero-order valence-corrected chi connectivity index (χ0v) is 12.1. The van der Waals surface area contributed by atoms with Gasteiger partial charge in [-0.1, -0.05) is 6.07 Å². The lowest BCUT2D eigenvalue weighted by Crippen LogP contribution is -2.46. The molecule has 1 N–H and O–H groups in total. The highest BCUT2D eigenvalue weighted by Gasteiger charge is 2.24. The van der Waals surface area contributed by atoms with Crippen molar-refractivity contribution >= 4 is 5.69 Å². The molecule has 0 heterocycles. The van der Waals surface area contributed by atoms with Gasteiger partial charge in [-0.25, -0.2) is 4.39 Å². The van der Waals surface area contributed by atoms with Crippen LogP contribution in [0.25, 0.3) is 0 Å². The average molecular weight is 263 g/mol. The predicted octanol–water partition coefficient (Wildman–Crippen LogP) is 2.93. The largest absolute Gasteiger partial charge is 0.374 e. The summed E-state index contributed by atoms with van der Waals surface area (Å²) in [6.45, 7) is 6.62. The molecule has 0 aliphatic heterocycles. The van der Waals surface area contributed by atoms with E-state index < -0.39 is 5.54 Å². The molecule has 0 saturated heterocycles. The summed E-state index contributed by atoms with van der Waals surface area (Å²) in [6, 6.07) is 9.05. The molecule has 1 unspecified atom stereocenters. The first kappa shape index (κ1) is 15.5. The Kier molecular flexibility index (Phi) is 5.31. The minimum absolute atomic E-state index is 0.243. The fraction of sp³-hybridized carbons (Fsp3) is 0.533. The lowest BCUT2D eigenvalue weighted by molar-refractivity contribution is 0.384. The lowest BCUT2D eigenvalue weighted by Gasteiger charge is -2.29. The number of hydrogen-bond donors (Lipinski definition) is 1. The molecule has 0 saturated carbocycles. The van der Waals surface area contributed by atoms with Crippen molar-refractivity contribution in [2.75, 3.05) is 18.5 Å². The first-order chi connectivity index (χ1) is 8.86. The van der Waals surface area contributed by atoms with Crippen LogP contribution in [0.5, 0.6) is 0 Å². The second kappa shape index (κ2) is 6.53. The Morgan fingerprint density at radius 3 is 2.68 bits per heavy atom. The van der Waals surface area contributed by atoms with Gasteiger partial charge in [0.25, 0.3) is 0 Å². The van der Waals surface area contributed by atoms with Gasteiger partial charge in [-0.05, 0) is 45.4 Å². The van der Waals surface area contributed by atoms with Crippen molar-refractivity contribution in [2.24, 2.45) is 0 Å². The van der Waals surface area contributed by atoms with Crippen LogP contribution in [0.1, 0.15) is 27.2 Å². The van der Waals surface area contributed by atoms with Gasteiger partial charge in [0.15, 0.2) is 0 Å². The van der Waals surface area contributed by atoms with Crippen LogP contribution in [0.4, 0.5) is 10.1 Å². The topological polar surface area (TPSA) is 39.1 Å². The van der Waals surface area contributed by atoms with Gasteiger partial charge in [0.05, 0.1) is 6.07 Å². The van der Waals surface area contributed by atoms with Crippen molar-refractivity contribution in [1.82, 2.24) is 5.32 Å². The zero-order chi connectivity index (χ0) is 14.5. The second-order valence-corrected chi connectivity index (χ2v) is 5.39. The molecule has 1 aromatic rings. The van der Waals surface area contributed by atoms with Crippen LogP contribution in [0, 0.1) is 17.1 Å². The molecule has 0 spiro atoms. The molecule has 0 radical (unpaired) electrons. The summed E-state index contributed by atoms with van der Waals surface area (Å²) in [7, 11) is 1.90. The van der Waals surface area contributed by atoms with E-state index in [9.17, 15) is 9.65 Å². The molecule has 0 bridgehead atoms. The standard InChI is InChI=1S/C15H22FN3/c1-12(2)18-15(3,11-17)8-9-19(4)14-7-5-6-13(16)10-14/h5-7,10,12,18H,8-9H2,1-4H3. The molecule has 0 aromatic heterocycles. The Bertz CT molecular complexity index is 453. The number of rotatable bonds is 6. The molecule has 1 atom stereocenters. The van der Waals surface area contributed by atoms with Crippen molar-refractivity contribution in [3.05, 3.63) is 30.1 Å². The van der Waals surface area contributed by atoms with E-state index in [1.165, 1.54) is 12.1 Å². The smallest absolute Gasteiger partial charge is 0.125 e. The van der Waals surface area contributed by atoms with Crippen molar-refractivity contribution in [2.45, 2.75) is 38.8 Å². The van der Waals surface area contributed by atoms with E-state index in [1.807, 2.05) is 38.8 Å². The van der Waals surface area contributed by atoms with Gasteiger partial charge in [0.1, 0.15) is 11.4 Å². The normalized spacial score (nSPS) is 13.9. The average Bonchev–Trinajstić information content (AvgIpc) is 2.35. The number of nitrogens with zero attached hydrogens (tertiary/aromatic N) is 2. The predicted molar refractivity (Wildman–Crippen MR) is 76.6 cm³/mol. The summed E-state index contributed by atoms with van der Waals surface area (Å²) in [5.74, 6) is -0.243. The highest BCUT2D eigenvalue weighted by Crippen LogP contribution is 2.17. The first-order valence-corrected chi connectivity index (χ1v) is 6.52. The summed E-state index contributed by atoms with van der Waals surface area (Å²) >= 11 is 0. The third-order valence-electron chi connectivity index (χ3n) is 3.05. The maximum absolute atomic E-state index is 13.1. The molecule has 0 aliphatic rings. The Morgan fingerprint density at radius 1 is 1.47 bits per heavy atom. The van der Waals surface area contributed by atoms with Gasteiger partial charge in [-0.3, -0.25) is 5.32 Å². The molecule has 4 heteroatoms. The Balaban J connectivity index is 2.63. The van der Waals surface area contributed by atoms with Crippen LogP contribution in [0.2, 0.25) is 0 Å². The van der Waals surface area contributed by atoms with E-state index >= 15 is 0 Å². The van der Waals surface area contributed by atoms with Crippen LogP contribution >= 0.6 is 0 Å². The highest BCUT2D eigenvalue weighted by molar-refractivity contribution is 5.45. The van der Waals surface area contributed by atoms with Crippen molar-refractivity contribution in [3.8, 4) is 6.07 Å². The second-order valence-electron chi connectivity index (χ2n) is 5.39. The molecule has 3 nitrogen and oxygen atoms in total. The maximum atomic E-state index is 13.1. The number of hydrogen-bond acceptors (Lipinski definition) is 3. The Morgan fingerprint density at radius 2 is 2.16 bits per heavy atom. The van der Waals surface area contributed by atoms with E-state index in [2.05, 4.69) is 11.4 Å². The monoisotopic (exact) mass is 263 g/mol. The van der Waals surface area contributed by atoms with Crippen molar-refractivity contribution in [1.29, 1.82) is 5.26 Å². The van der Waals surface area contributed by atoms with E-state index in [4.69, 9.17) is 0 Å². The summed E-state index contributed by atoms with van der Waals surface area (Å²) in [4.78, 5) is 1.96. The third-order valence-corrected chi connectivity index (χ3v) is 3.05. The molecular formula is C15H22FN3. The fourth-order valence-corrected chi connectivity index (χ4v) is 2.03. The van der Waals surface area contributed by atoms with Gasteiger partial charge in [0.2, 0.25) is 0 Å². The van der Waals surface area contributed by atoms with Gasteiger partial charge >= 0.3 is 0 Å². The van der Waals surface area contributed by atoms with E-state index in [-0.39, 0.29) is 11.9 Å². The molecule has 1 aromatic carbocycles. The van der Waals surface area contributed by atoms with Gasteiger partial charge in [-0.15, -0.1) is 0 Å². The first-order valence-electron chi connectivity index (χ1n) is 6.52. The number of nitrogens with one attached hydrogen (secondary N) is 1. The molecule has 19 heavy (non-hydrogen) atoms. The van der Waals surface area contributed by atoms with E-state index in [1.54, 1.807) is 6.07 Å². The number of benzene rings is 1. The lowest BCUT2D eigenvalue weighted by atomic mass is 9.98. The fourth-order valence-electron chi connectivity index (χ4n) is 2.03. The van der Waals surface area contributed by atoms with Crippen molar-refractivity contribution < 1.29 is 4.39 Å². The molecule has 0 fully saturated rings. The zero-order valence-electron chi connectivity index (χ0n) is 12.1. The molecular weight excluding hydrogens is 241 g/mol. The minimum atomic E-state index is -0.560. The van der Waals surface area contributed by atoms with Gasteiger partial charge < -0.3 is 4.90 Å². The molecule has 0 aliphatic carbocycles. The van der Waals surface area contributed by atoms with Gasteiger partial charge in [-0.2, -0.15) is 5.26 Å². The van der Waals surface area contributed by atoms with Crippen LogP contribution in [-0.4, -0.2) is 25.2 Å². The van der Waals surface area contributed by atoms with Crippen LogP contribution < -0.4 is 10.2 Å². The number of nitriles is 1. The summed E-state index contributed by atoms with van der Waals surface area (Å²) in [5, 5.41) is 12.5. The van der Waals surface area contributed by atoms with Gasteiger partial charge in [0, 0.05) is 25.3 Å². The van der Waals surface area contributed by atoms with E-state index in [0.717, 1.165) is 5.69 Å². The van der Waals surface area contributed by atoms with Crippen LogP contribution in [0.15, 0.2) is 24.3 Å². The summed E-state index contributed by atoms with van der Waals surface area (Å²) in [5.41, 5.74) is 0.264. The molecule has 104 valence electrons. The third kappa shape index (κ3) is 4.88. The van der Waals surface area contributed by atoms with Crippen molar-refractivity contribution in [3.63, 3.8) is 0 Å². The quantitative estimate of drug-likeness (QED) is 0.857. The Labute approximate surface area is 115 Å². The van der Waals surface area contributed by atoms with Crippen LogP contribution in [-0.2, 0) is 0 Å². The number of halogens is 1. The summed E-state index contributed by atoms with van der Waals surface area (Å²) in [6.07, 6.45) is 0.675. The maximum Gasteiger partial charge on any atom is 0.125 e. The molecule has 0 amide bonds. The number of anilines is 1. The highest BCUT2D eigenvalue weighted by atomic mass is 19.1. The molecule has 1 rings (SSSR count). The Hall–Kier alpha value is -1.60.